The molecule has 1 aromatic carbocycles. The van der Waals surface area contributed by atoms with Crippen LogP contribution >= 0.6 is 0 Å². The van der Waals surface area contributed by atoms with Crippen LogP contribution in [0.25, 0.3) is 11.1 Å². The molecule has 8 heteroatoms. The van der Waals surface area contributed by atoms with Crippen molar-refractivity contribution in [1.82, 2.24) is 10.3 Å². The molecule has 0 fully saturated rings. The first-order valence-electron chi connectivity index (χ1n) is 11.7. The van der Waals surface area contributed by atoms with Crippen LogP contribution in [0, 0.1) is 13.8 Å². The summed E-state index contributed by atoms with van der Waals surface area (Å²) in [4.78, 5) is 30.1. The molecular weight excluding hydrogens is 434 g/mol. The van der Waals surface area contributed by atoms with Crippen LogP contribution in [0.15, 0.2) is 18.2 Å². The van der Waals surface area contributed by atoms with Gasteiger partial charge in [-0.05, 0) is 76.8 Å². The van der Waals surface area contributed by atoms with Gasteiger partial charge >= 0.3 is 5.97 Å². The number of rotatable bonds is 7. The van der Waals surface area contributed by atoms with Crippen molar-refractivity contribution in [3.8, 4) is 16.9 Å². The van der Waals surface area contributed by atoms with Crippen molar-refractivity contribution in [2.75, 3.05) is 18.5 Å². The number of carboxylic acids is 1. The number of anilines is 1. The van der Waals surface area contributed by atoms with Gasteiger partial charge in [-0.2, -0.15) is 0 Å². The van der Waals surface area contributed by atoms with Crippen molar-refractivity contribution in [2.24, 2.45) is 0 Å². The molecule has 3 rings (SSSR count). The van der Waals surface area contributed by atoms with Crippen LogP contribution in [0.5, 0.6) is 5.75 Å². The maximum atomic E-state index is 13.1. The Balaban J connectivity index is 2.27. The first-order chi connectivity index (χ1) is 15.9. The van der Waals surface area contributed by atoms with Crippen molar-refractivity contribution >= 4 is 17.6 Å². The third-order valence-electron chi connectivity index (χ3n) is 5.77. The van der Waals surface area contributed by atoms with Gasteiger partial charge in [-0.1, -0.05) is 13.0 Å². The summed E-state index contributed by atoms with van der Waals surface area (Å²) in [6.07, 6.45) is -0.473. The molecule has 184 valence electrons. The molecule has 0 saturated heterocycles. The van der Waals surface area contributed by atoms with Gasteiger partial charge in [0.2, 0.25) is 0 Å². The van der Waals surface area contributed by atoms with E-state index >= 15 is 0 Å². The van der Waals surface area contributed by atoms with Gasteiger partial charge < -0.3 is 25.2 Å². The van der Waals surface area contributed by atoms with Crippen LogP contribution in [0.3, 0.4) is 0 Å². The molecule has 0 spiro atoms. The topological polar surface area (TPSA) is 110 Å². The highest BCUT2D eigenvalue weighted by Crippen LogP contribution is 2.40. The van der Waals surface area contributed by atoms with Crippen LogP contribution < -0.4 is 15.4 Å². The van der Waals surface area contributed by atoms with Crippen LogP contribution in [0.4, 0.5) is 5.69 Å². The molecule has 34 heavy (non-hydrogen) atoms. The summed E-state index contributed by atoms with van der Waals surface area (Å²) in [6, 6.07) is 5.64. The minimum Gasteiger partial charge on any atom is -0.490 e. The normalized spacial score (nSPS) is 14.9. The molecule has 1 aromatic heterocycles. The lowest BCUT2D eigenvalue weighted by atomic mass is 9.89. The maximum Gasteiger partial charge on any atom is 0.337 e. The van der Waals surface area contributed by atoms with Crippen LogP contribution in [0.2, 0.25) is 0 Å². The number of aromatic nitrogens is 1. The molecule has 1 unspecified atom stereocenters. The van der Waals surface area contributed by atoms with Crippen molar-refractivity contribution in [3.05, 3.63) is 40.7 Å². The zero-order valence-corrected chi connectivity index (χ0v) is 21.0. The number of aliphatic carboxylic acids is 1. The standard InChI is InChI=1S/C26H35N3O5/c1-8-14(2)28-24(30)22-15(3)20(17-9-10-19-18(13-17)27-11-12-33-19)21(16(4)29-22)23(25(31)32)34-26(5,6)7/h9-10,13-14,23,27H,8,11-12H2,1-7H3,(H,28,30)(H,31,32)/t14?,23-/m0/s1. The summed E-state index contributed by atoms with van der Waals surface area (Å²) in [7, 11) is 0. The molecule has 2 heterocycles. The second-order valence-electron chi connectivity index (χ2n) is 9.68. The smallest absolute Gasteiger partial charge is 0.337 e. The molecule has 0 radical (unpaired) electrons. The van der Waals surface area contributed by atoms with Gasteiger partial charge in [0.15, 0.2) is 6.10 Å². The SMILES string of the molecule is CCC(C)NC(=O)c1nc(C)c([C@H](OC(C)(C)C)C(=O)O)c(-c2ccc3c(c2)NCCO3)c1C. The Morgan fingerprint density at radius 3 is 2.62 bits per heavy atom. The predicted octanol–water partition coefficient (Wildman–Crippen LogP) is 4.64. The summed E-state index contributed by atoms with van der Waals surface area (Å²) in [5.41, 5.74) is 3.26. The molecule has 8 nitrogen and oxygen atoms in total. The van der Waals surface area contributed by atoms with Gasteiger partial charge in [0.1, 0.15) is 18.1 Å². The molecule has 1 amide bonds. The number of aryl methyl sites for hydroxylation is 1. The van der Waals surface area contributed by atoms with E-state index in [1.54, 1.807) is 13.8 Å². The Hall–Kier alpha value is -3.13. The van der Waals surface area contributed by atoms with E-state index in [4.69, 9.17) is 9.47 Å². The molecular formula is C26H35N3O5. The number of pyridine rings is 1. The van der Waals surface area contributed by atoms with Gasteiger partial charge in [0.25, 0.3) is 5.91 Å². The molecule has 0 bridgehead atoms. The van der Waals surface area contributed by atoms with Crippen LogP contribution in [-0.4, -0.2) is 46.8 Å². The second-order valence-corrected chi connectivity index (χ2v) is 9.68. The van der Waals surface area contributed by atoms with E-state index < -0.39 is 17.7 Å². The average molecular weight is 470 g/mol. The number of ether oxygens (including phenoxy) is 2. The largest absolute Gasteiger partial charge is 0.490 e. The summed E-state index contributed by atoms with van der Waals surface area (Å²) in [5, 5.41) is 16.4. The summed E-state index contributed by atoms with van der Waals surface area (Å²) in [6.45, 7) is 14.1. The summed E-state index contributed by atoms with van der Waals surface area (Å²) in [5.74, 6) is -0.669. The third-order valence-corrected chi connectivity index (χ3v) is 5.77. The van der Waals surface area contributed by atoms with E-state index in [2.05, 4.69) is 15.6 Å². The van der Waals surface area contributed by atoms with E-state index in [-0.39, 0.29) is 17.6 Å². The minimum absolute atomic E-state index is 0.0155. The highest BCUT2D eigenvalue weighted by molar-refractivity contribution is 5.97. The fourth-order valence-corrected chi connectivity index (χ4v) is 4.00. The number of nitrogens with zero attached hydrogens (tertiary/aromatic N) is 1. The lowest BCUT2D eigenvalue weighted by Gasteiger charge is -2.29. The number of hydrogen-bond acceptors (Lipinski definition) is 6. The molecule has 0 saturated carbocycles. The Bertz CT molecular complexity index is 1090. The van der Waals surface area contributed by atoms with Gasteiger partial charge in [-0.25, -0.2) is 9.78 Å². The predicted molar refractivity (Wildman–Crippen MR) is 132 cm³/mol. The number of hydrogen-bond donors (Lipinski definition) is 3. The number of amides is 1. The van der Waals surface area contributed by atoms with Gasteiger partial charge in [0.05, 0.1) is 11.3 Å². The quantitative estimate of drug-likeness (QED) is 0.542. The molecule has 1 aliphatic rings. The molecule has 1 aliphatic heterocycles. The molecule has 3 N–H and O–H groups in total. The monoisotopic (exact) mass is 469 g/mol. The van der Waals surface area contributed by atoms with Gasteiger partial charge in [-0.3, -0.25) is 4.79 Å². The fourth-order valence-electron chi connectivity index (χ4n) is 4.00. The van der Waals surface area contributed by atoms with E-state index in [0.717, 1.165) is 23.4 Å². The van der Waals surface area contributed by atoms with Crippen molar-refractivity contribution in [3.63, 3.8) is 0 Å². The lowest BCUT2D eigenvalue weighted by Crippen LogP contribution is -2.34. The first kappa shape index (κ1) is 25.5. The number of benzene rings is 1. The van der Waals surface area contributed by atoms with Crippen LogP contribution in [-0.2, 0) is 9.53 Å². The van der Waals surface area contributed by atoms with Gasteiger partial charge in [-0.15, -0.1) is 0 Å². The van der Waals surface area contributed by atoms with Gasteiger partial charge in [0, 0.05) is 23.8 Å². The lowest BCUT2D eigenvalue weighted by molar-refractivity contribution is -0.160. The Labute approximate surface area is 201 Å². The van der Waals surface area contributed by atoms with Crippen LogP contribution in [0.1, 0.15) is 74.5 Å². The maximum absolute atomic E-state index is 13.1. The second kappa shape index (κ2) is 10.0. The Kier molecular flexibility index (Phi) is 7.51. The third kappa shape index (κ3) is 5.50. The minimum atomic E-state index is -1.26. The highest BCUT2D eigenvalue weighted by Gasteiger charge is 2.33. The van der Waals surface area contributed by atoms with E-state index in [0.29, 0.717) is 35.5 Å². The van der Waals surface area contributed by atoms with E-state index in [9.17, 15) is 14.7 Å². The van der Waals surface area contributed by atoms with E-state index in [1.807, 2.05) is 52.8 Å². The van der Waals surface area contributed by atoms with E-state index in [1.165, 1.54) is 0 Å². The zero-order chi connectivity index (χ0) is 25.2. The number of nitrogens with one attached hydrogen (secondary N) is 2. The molecule has 0 aliphatic carbocycles. The molecule has 2 atom stereocenters. The highest BCUT2D eigenvalue weighted by atomic mass is 16.5. The Morgan fingerprint density at radius 1 is 1.29 bits per heavy atom. The van der Waals surface area contributed by atoms with Crippen molar-refractivity contribution in [2.45, 2.75) is 72.6 Å². The number of carboxylic acid groups (broad SMARTS) is 1. The summed E-state index contributed by atoms with van der Waals surface area (Å²) >= 11 is 0. The Morgan fingerprint density at radius 2 is 2.00 bits per heavy atom. The first-order valence-corrected chi connectivity index (χ1v) is 11.7. The number of carbonyl (C=O) groups excluding carboxylic acids is 1. The van der Waals surface area contributed by atoms with Crippen molar-refractivity contribution in [1.29, 1.82) is 0 Å². The number of fused-ring (bicyclic) bond motifs is 1. The average Bonchev–Trinajstić information content (AvgIpc) is 2.77. The van der Waals surface area contributed by atoms with Crippen molar-refractivity contribution < 1.29 is 24.2 Å². The molecule has 2 aromatic rings. The number of carbonyl (C=O) groups is 2. The summed E-state index contributed by atoms with van der Waals surface area (Å²) < 4.78 is 11.7. The fraction of sp³-hybridized carbons (Fsp3) is 0.500. The zero-order valence-electron chi connectivity index (χ0n) is 21.0.